The molecule has 0 saturated heterocycles. The van der Waals surface area contributed by atoms with E-state index in [4.69, 9.17) is 4.74 Å². The summed E-state index contributed by atoms with van der Waals surface area (Å²) in [6.45, 7) is 9.81. The fraction of sp³-hybridized carbons (Fsp3) is 0.960. The first-order valence-electron chi connectivity index (χ1n) is 12.2. The Morgan fingerprint density at radius 3 is 2.04 bits per heavy atom. The lowest BCUT2D eigenvalue weighted by atomic mass is 9.80. The SMILES string of the molecule is CCCCCCCCC(C)(CCCCCC)COC(=O)C1CCCC(C)C1. The van der Waals surface area contributed by atoms with Crippen molar-refractivity contribution in [2.24, 2.45) is 17.3 Å². The fourth-order valence-corrected chi connectivity index (χ4v) is 4.59. The lowest BCUT2D eigenvalue weighted by Crippen LogP contribution is -2.30. The van der Waals surface area contributed by atoms with Gasteiger partial charge >= 0.3 is 5.97 Å². The van der Waals surface area contributed by atoms with Crippen LogP contribution in [0.15, 0.2) is 0 Å². The molecular weight excluding hydrogens is 332 g/mol. The normalized spacial score (nSPS) is 22.4. The molecule has 1 fully saturated rings. The minimum atomic E-state index is 0.0873. The molecule has 3 unspecified atom stereocenters. The van der Waals surface area contributed by atoms with E-state index in [1.54, 1.807) is 0 Å². The number of esters is 1. The second-order valence-electron chi connectivity index (χ2n) is 9.72. The van der Waals surface area contributed by atoms with Gasteiger partial charge in [0.1, 0.15) is 0 Å². The van der Waals surface area contributed by atoms with Crippen LogP contribution in [-0.2, 0) is 9.53 Å². The maximum Gasteiger partial charge on any atom is 0.308 e. The van der Waals surface area contributed by atoms with Crippen LogP contribution in [0.4, 0.5) is 0 Å². The molecule has 0 aromatic heterocycles. The molecule has 3 atom stereocenters. The van der Waals surface area contributed by atoms with Crippen LogP contribution in [0.2, 0.25) is 0 Å². The minimum Gasteiger partial charge on any atom is -0.465 e. The van der Waals surface area contributed by atoms with E-state index in [2.05, 4.69) is 27.7 Å². The molecule has 0 bridgehead atoms. The third-order valence-electron chi connectivity index (χ3n) is 6.60. The van der Waals surface area contributed by atoms with Gasteiger partial charge in [-0.05, 0) is 31.6 Å². The maximum absolute atomic E-state index is 12.6. The summed E-state index contributed by atoms with van der Waals surface area (Å²) < 4.78 is 5.91. The molecule has 0 radical (unpaired) electrons. The summed E-state index contributed by atoms with van der Waals surface area (Å²) in [6.07, 6.45) is 20.2. The molecule has 0 spiro atoms. The van der Waals surface area contributed by atoms with Crippen molar-refractivity contribution in [3.63, 3.8) is 0 Å². The van der Waals surface area contributed by atoms with E-state index in [0.29, 0.717) is 12.5 Å². The van der Waals surface area contributed by atoms with E-state index in [0.717, 1.165) is 12.8 Å². The second kappa shape index (κ2) is 14.5. The van der Waals surface area contributed by atoms with Gasteiger partial charge < -0.3 is 4.74 Å². The summed E-state index contributed by atoms with van der Waals surface area (Å²) in [6, 6.07) is 0. The third kappa shape index (κ3) is 11.2. The Morgan fingerprint density at radius 2 is 1.44 bits per heavy atom. The monoisotopic (exact) mass is 380 g/mol. The summed E-state index contributed by atoms with van der Waals surface area (Å²) in [7, 11) is 0. The van der Waals surface area contributed by atoms with Gasteiger partial charge in [-0.15, -0.1) is 0 Å². The highest BCUT2D eigenvalue weighted by molar-refractivity contribution is 5.72. The van der Waals surface area contributed by atoms with Crippen LogP contribution in [0.3, 0.4) is 0 Å². The minimum absolute atomic E-state index is 0.0873. The molecule has 1 saturated carbocycles. The van der Waals surface area contributed by atoms with Crippen molar-refractivity contribution in [3.8, 4) is 0 Å². The Balaban J connectivity index is 2.42. The molecule has 160 valence electrons. The third-order valence-corrected chi connectivity index (χ3v) is 6.60. The van der Waals surface area contributed by atoms with Crippen molar-refractivity contribution >= 4 is 5.97 Å². The summed E-state index contributed by atoms with van der Waals surface area (Å²) in [4.78, 5) is 12.6. The average molecular weight is 381 g/mol. The van der Waals surface area contributed by atoms with E-state index in [1.807, 2.05) is 0 Å². The predicted octanol–water partition coefficient (Wildman–Crippen LogP) is 8.08. The van der Waals surface area contributed by atoms with Gasteiger partial charge in [0.25, 0.3) is 0 Å². The second-order valence-corrected chi connectivity index (χ2v) is 9.72. The van der Waals surface area contributed by atoms with Gasteiger partial charge in [-0.3, -0.25) is 4.79 Å². The number of hydrogen-bond acceptors (Lipinski definition) is 2. The van der Waals surface area contributed by atoms with Crippen molar-refractivity contribution in [1.82, 2.24) is 0 Å². The highest BCUT2D eigenvalue weighted by Crippen LogP contribution is 2.34. The molecule has 0 aromatic carbocycles. The van der Waals surface area contributed by atoms with E-state index in [1.165, 1.54) is 89.9 Å². The van der Waals surface area contributed by atoms with Gasteiger partial charge in [-0.25, -0.2) is 0 Å². The average Bonchev–Trinajstić information content (AvgIpc) is 2.66. The van der Waals surface area contributed by atoms with E-state index in [9.17, 15) is 4.79 Å². The quantitative estimate of drug-likeness (QED) is 0.212. The van der Waals surface area contributed by atoms with Crippen LogP contribution in [0, 0.1) is 17.3 Å². The molecule has 1 aliphatic carbocycles. The van der Waals surface area contributed by atoms with Crippen LogP contribution in [0.5, 0.6) is 0 Å². The molecule has 1 rings (SSSR count). The molecular formula is C25H48O2. The highest BCUT2D eigenvalue weighted by atomic mass is 16.5. The highest BCUT2D eigenvalue weighted by Gasteiger charge is 2.30. The van der Waals surface area contributed by atoms with Gasteiger partial charge in [-0.2, -0.15) is 0 Å². The maximum atomic E-state index is 12.6. The summed E-state index contributed by atoms with van der Waals surface area (Å²) >= 11 is 0. The van der Waals surface area contributed by atoms with Crippen LogP contribution in [-0.4, -0.2) is 12.6 Å². The van der Waals surface area contributed by atoms with Gasteiger partial charge in [0.15, 0.2) is 0 Å². The molecule has 0 heterocycles. The molecule has 0 N–H and O–H groups in total. The summed E-state index contributed by atoms with van der Waals surface area (Å²) in [5, 5.41) is 0. The largest absolute Gasteiger partial charge is 0.465 e. The number of unbranched alkanes of at least 4 members (excludes halogenated alkanes) is 8. The molecule has 27 heavy (non-hydrogen) atoms. The number of rotatable bonds is 15. The van der Waals surface area contributed by atoms with E-state index < -0.39 is 0 Å². The molecule has 2 heteroatoms. The molecule has 0 aromatic rings. The van der Waals surface area contributed by atoms with Crippen molar-refractivity contribution in [2.75, 3.05) is 6.61 Å². The standard InChI is InChI=1S/C25H48O2/c1-5-7-9-11-12-14-19-25(4,18-13-10-8-6-2)21-27-24(26)23-17-15-16-22(3)20-23/h22-23H,5-21H2,1-4H3. The van der Waals surface area contributed by atoms with Crippen molar-refractivity contribution in [1.29, 1.82) is 0 Å². The predicted molar refractivity (Wildman–Crippen MR) is 117 cm³/mol. The van der Waals surface area contributed by atoms with Gasteiger partial charge in [0.2, 0.25) is 0 Å². The van der Waals surface area contributed by atoms with Gasteiger partial charge in [0.05, 0.1) is 12.5 Å². The Labute approximate surface area is 170 Å². The Bertz CT molecular complexity index is 379. The van der Waals surface area contributed by atoms with Crippen LogP contribution < -0.4 is 0 Å². The first-order valence-corrected chi connectivity index (χ1v) is 12.2. The summed E-state index contributed by atoms with van der Waals surface area (Å²) in [5.74, 6) is 0.927. The zero-order valence-electron chi connectivity index (χ0n) is 19.0. The Hall–Kier alpha value is -0.530. The smallest absolute Gasteiger partial charge is 0.308 e. The Morgan fingerprint density at radius 1 is 0.889 bits per heavy atom. The zero-order valence-corrected chi connectivity index (χ0v) is 19.0. The first-order chi connectivity index (χ1) is 13.0. The lowest BCUT2D eigenvalue weighted by Gasteiger charge is -2.31. The van der Waals surface area contributed by atoms with Gasteiger partial charge in [-0.1, -0.05) is 105 Å². The van der Waals surface area contributed by atoms with Crippen molar-refractivity contribution in [2.45, 2.75) is 130 Å². The lowest BCUT2D eigenvalue weighted by molar-refractivity contribution is -0.154. The number of ether oxygens (including phenoxy) is 1. The topological polar surface area (TPSA) is 26.3 Å². The molecule has 0 amide bonds. The van der Waals surface area contributed by atoms with E-state index in [-0.39, 0.29) is 17.3 Å². The van der Waals surface area contributed by atoms with Crippen LogP contribution >= 0.6 is 0 Å². The fourth-order valence-electron chi connectivity index (χ4n) is 4.59. The summed E-state index contributed by atoms with van der Waals surface area (Å²) in [5.41, 5.74) is 0.175. The van der Waals surface area contributed by atoms with Gasteiger partial charge in [0, 0.05) is 5.41 Å². The zero-order chi connectivity index (χ0) is 20.0. The van der Waals surface area contributed by atoms with Crippen LogP contribution in [0.25, 0.3) is 0 Å². The van der Waals surface area contributed by atoms with E-state index >= 15 is 0 Å². The van der Waals surface area contributed by atoms with Crippen molar-refractivity contribution in [3.05, 3.63) is 0 Å². The Kier molecular flexibility index (Phi) is 13.1. The number of carbonyl (C=O) groups is 1. The molecule has 2 nitrogen and oxygen atoms in total. The number of carbonyl (C=O) groups excluding carboxylic acids is 1. The first kappa shape index (κ1) is 24.5. The van der Waals surface area contributed by atoms with Crippen molar-refractivity contribution < 1.29 is 9.53 Å². The number of hydrogen-bond donors (Lipinski definition) is 0. The molecule has 0 aliphatic heterocycles. The van der Waals surface area contributed by atoms with Crippen LogP contribution in [0.1, 0.15) is 130 Å². The molecule has 1 aliphatic rings.